The summed E-state index contributed by atoms with van der Waals surface area (Å²) in [5.74, 6) is 0.0115. The molecule has 0 aromatic carbocycles. The monoisotopic (exact) mass is 243 g/mol. The Hall–Kier alpha value is -1.48. The molecule has 0 amide bonds. The molecular formula is C9H13N3O5. The third kappa shape index (κ3) is 2.29. The van der Waals surface area contributed by atoms with Crippen LogP contribution >= 0.6 is 0 Å². The summed E-state index contributed by atoms with van der Waals surface area (Å²) in [6.07, 6.45) is -0.619. The fraction of sp³-hybridized carbons (Fsp3) is 0.556. The van der Waals surface area contributed by atoms with E-state index in [9.17, 15) is 9.90 Å². The molecule has 1 fully saturated rings. The van der Waals surface area contributed by atoms with E-state index in [1.807, 2.05) is 0 Å². The van der Waals surface area contributed by atoms with Crippen LogP contribution in [0.2, 0.25) is 0 Å². The van der Waals surface area contributed by atoms with Crippen LogP contribution in [0.3, 0.4) is 0 Å². The summed E-state index contributed by atoms with van der Waals surface area (Å²) in [5, 5.41) is 27.2. The summed E-state index contributed by atoms with van der Waals surface area (Å²) >= 11 is 0. The van der Waals surface area contributed by atoms with Gasteiger partial charge in [-0.05, 0) is 6.07 Å². The molecule has 1 aliphatic heterocycles. The molecular weight excluding hydrogens is 230 g/mol. The lowest BCUT2D eigenvalue weighted by molar-refractivity contribution is -0.0529. The molecule has 8 heteroatoms. The minimum atomic E-state index is -0.875. The van der Waals surface area contributed by atoms with Gasteiger partial charge in [-0.1, -0.05) is 0 Å². The zero-order valence-corrected chi connectivity index (χ0v) is 8.85. The molecule has 0 unspecified atom stereocenters. The van der Waals surface area contributed by atoms with Crippen LogP contribution in [0.5, 0.6) is 0 Å². The Kier molecular flexibility index (Phi) is 3.38. The molecule has 2 rings (SSSR count). The van der Waals surface area contributed by atoms with Crippen LogP contribution < -0.4 is 11.2 Å². The molecule has 2 heterocycles. The Morgan fingerprint density at radius 2 is 2.41 bits per heavy atom. The minimum absolute atomic E-state index is 0.0115. The Morgan fingerprint density at radius 3 is 2.94 bits per heavy atom. The van der Waals surface area contributed by atoms with Crippen LogP contribution in [0.1, 0.15) is 12.6 Å². The van der Waals surface area contributed by atoms with Crippen LogP contribution in [-0.2, 0) is 4.74 Å². The molecule has 8 nitrogen and oxygen atoms in total. The van der Waals surface area contributed by atoms with E-state index in [0.29, 0.717) is 0 Å². The number of hydrogen-bond donors (Lipinski definition) is 4. The van der Waals surface area contributed by atoms with Gasteiger partial charge in [-0.3, -0.25) is 15.3 Å². The lowest BCUT2D eigenvalue weighted by atomic mass is 10.2. The average Bonchev–Trinajstić information content (AvgIpc) is 2.70. The maximum atomic E-state index is 11.6. The predicted molar refractivity (Wildman–Crippen MR) is 55.5 cm³/mol. The number of ether oxygens (including phenoxy) is 1. The van der Waals surface area contributed by atoms with Gasteiger partial charge in [0.1, 0.15) is 6.10 Å². The first-order valence-corrected chi connectivity index (χ1v) is 5.09. The quantitative estimate of drug-likeness (QED) is 0.487. The Balaban J connectivity index is 2.26. The van der Waals surface area contributed by atoms with Crippen molar-refractivity contribution in [3.63, 3.8) is 0 Å². The molecule has 1 aromatic rings. The van der Waals surface area contributed by atoms with Gasteiger partial charge in [-0.25, -0.2) is 4.79 Å². The summed E-state index contributed by atoms with van der Waals surface area (Å²) < 4.78 is 6.42. The first-order chi connectivity index (χ1) is 8.15. The van der Waals surface area contributed by atoms with Gasteiger partial charge in [0.25, 0.3) is 0 Å². The van der Waals surface area contributed by atoms with E-state index in [-0.39, 0.29) is 18.8 Å². The first-order valence-electron chi connectivity index (χ1n) is 5.09. The smallest absolute Gasteiger partial charge is 0.351 e. The second-order valence-corrected chi connectivity index (χ2v) is 3.75. The summed E-state index contributed by atoms with van der Waals surface area (Å²) in [4.78, 5) is 15.1. The van der Waals surface area contributed by atoms with Gasteiger partial charge in [-0.2, -0.15) is 4.98 Å². The van der Waals surface area contributed by atoms with Crippen LogP contribution in [0, 0.1) is 0 Å². The number of nitrogens with one attached hydrogen (secondary N) is 1. The van der Waals surface area contributed by atoms with Crippen LogP contribution in [0.4, 0.5) is 5.82 Å². The summed E-state index contributed by atoms with van der Waals surface area (Å²) in [7, 11) is 0. The molecule has 0 radical (unpaired) electrons. The van der Waals surface area contributed by atoms with Gasteiger partial charge in [0.2, 0.25) is 0 Å². The van der Waals surface area contributed by atoms with E-state index in [4.69, 9.17) is 15.1 Å². The van der Waals surface area contributed by atoms with Crippen LogP contribution in [0.15, 0.2) is 17.1 Å². The van der Waals surface area contributed by atoms with Gasteiger partial charge in [0, 0.05) is 12.6 Å². The number of rotatable bonds is 3. The second-order valence-electron chi connectivity index (χ2n) is 3.75. The Labute approximate surface area is 96.1 Å². The number of nitrogens with zero attached hydrogens (tertiary/aromatic N) is 2. The van der Waals surface area contributed by atoms with Crippen LogP contribution in [-0.4, -0.2) is 43.8 Å². The first kappa shape index (κ1) is 12.0. The largest absolute Gasteiger partial charge is 0.394 e. The van der Waals surface area contributed by atoms with Crippen molar-refractivity contribution in [3.05, 3.63) is 22.7 Å². The van der Waals surface area contributed by atoms with E-state index in [1.54, 1.807) is 5.48 Å². The summed E-state index contributed by atoms with van der Waals surface area (Å²) in [6.45, 7) is -0.216. The van der Waals surface area contributed by atoms with Gasteiger partial charge >= 0.3 is 5.69 Å². The zero-order chi connectivity index (χ0) is 12.4. The van der Waals surface area contributed by atoms with Gasteiger partial charge < -0.3 is 14.9 Å². The Bertz CT molecular complexity index is 449. The maximum absolute atomic E-state index is 11.6. The molecule has 3 atom stereocenters. The van der Waals surface area contributed by atoms with Crippen LogP contribution in [0.25, 0.3) is 0 Å². The normalized spacial score (nSPS) is 28.3. The van der Waals surface area contributed by atoms with Crippen molar-refractivity contribution in [1.29, 1.82) is 0 Å². The second kappa shape index (κ2) is 4.80. The average molecular weight is 243 g/mol. The highest BCUT2D eigenvalue weighted by molar-refractivity contribution is 5.28. The minimum Gasteiger partial charge on any atom is -0.394 e. The highest BCUT2D eigenvalue weighted by Gasteiger charge is 2.35. The third-order valence-electron chi connectivity index (χ3n) is 2.59. The van der Waals surface area contributed by atoms with Crippen molar-refractivity contribution in [2.75, 3.05) is 12.1 Å². The molecule has 0 bridgehead atoms. The van der Waals surface area contributed by atoms with Gasteiger partial charge in [0.05, 0.1) is 12.7 Å². The van der Waals surface area contributed by atoms with E-state index in [2.05, 4.69) is 4.98 Å². The molecule has 1 saturated heterocycles. The Morgan fingerprint density at radius 1 is 1.65 bits per heavy atom. The highest BCUT2D eigenvalue weighted by atomic mass is 16.5. The zero-order valence-electron chi connectivity index (χ0n) is 8.85. The summed E-state index contributed by atoms with van der Waals surface area (Å²) in [5.41, 5.74) is 1.09. The van der Waals surface area contributed by atoms with E-state index >= 15 is 0 Å². The van der Waals surface area contributed by atoms with Gasteiger partial charge in [-0.15, -0.1) is 0 Å². The van der Waals surface area contributed by atoms with Gasteiger partial charge in [0.15, 0.2) is 12.0 Å². The fourth-order valence-electron chi connectivity index (χ4n) is 1.77. The molecule has 1 aliphatic rings. The van der Waals surface area contributed by atoms with Crippen molar-refractivity contribution < 1.29 is 20.2 Å². The van der Waals surface area contributed by atoms with E-state index in [0.717, 1.165) is 4.57 Å². The lowest BCUT2D eigenvalue weighted by Gasteiger charge is -2.16. The molecule has 1 aromatic heterocycles. The molecule has 4 N–H and O–H groups in total. The van der Waals surface area contributed by atoms with E-state index < -0.39 is 24.1 Å². The molecule has 94 valence electrons. The highest BCUT2D eigenvalue weighted by Crippen LogP contribution is 2.27. The summed E-state index contributed by atoms with van der Waals surface area (Å²) in [6, 6.07) is 1.36. The fourth-order valence-corrected chi connectivity index (χ4v) is 1.77. The maximum Gasteiger partial charge on any atom is 0.351 e. The molecule has 0 saturated carbocycles. The molecule has 17 heavy (non-hydrogen) atoms. The van der Waals surface area contributed by atoms with Crippen molar-refractivity contribution in [2.24, 2.45) is 0 Å². The molecule has 0 spiro atoms. The molecule has 0 aliphatic carbocycles. The SMILES string of the molecule is O=c1nc(NO)ccn1[C@@H]1O[C@H](CO)C[C@H]1O. The number of hydrogen-bond acceptors (Lipinski definition) is 7. The number of aliphatic hydroxyl groups is 2. The van der Waals surface area contributed by atoms with Crippen molar-refractivity contribution in [1.82, 2.24) is 9.55 Å². The number of anilines is 1. The predicted octanol–water partition coefficient (Wildman–Crippen LogP) is -1.31. The third-order valence-corrected chi connectivity index (χ3v) is 2.59. The van der Waals surface area contributed by atoms with Crippen molar-refractivity contribution in [3.8, 4) is 0 Å². The van der Waals surface area contributed by atoms with Crippen molar-refractivity contribution in [2.45, 2.75) is 24.9 Å². The van der Waals surface area contributed by atoms with E-state index in [1.165, 1.54) is 12.3 Å². The number of aromatic nitrogens is 2. The standard InChI is InChI=1S/C9H13N3O5/c13-4-5-3-6(14)8(17-5)12-2-1-7(11-16)10-9(12)15/h1-2,5-6,8,13-14,16H,3-4H2,(H,10,11,15)/t5-,6+,8+/m0/s1. The number of aliphatic hydroxyl groups excluding tert-OH is 2. The lowest BCUT2D eigenvalue weighted by Crippen LogP contribution is -2.31. The van der Waals surface area contributed by atoms with Crippen molar-refractivity contribution >= 4 is 5.82 Å². The topological polar surface area (TPSA) is 117 Å².